The first-order valence-corrected chi connectivity index (χ1v) is 11.8. The minimum Gasteiger partial charge on any atom is -0.507 e. The summed E-state index contributed by atoms with van der Waals surface area (Å²) in [7, 11) is 1.54. The number of hydrogen-bond acceptors (Lipinski definition) is 6. The lowest BCUT2D eigenvalue weighted by molar-refractivity contribution is -0.140. The predicted octanol–water partition coefficient (Wildman–Crippen LogP) is 4.25. The highest BCUT2D eigenvalue weighted by molar-refractivity contribution is 6.46. The molecule has 1 heterocycles. The Bertz CT molecular complexity index is 1030. The Morgan fingerprint density at radius 2 is 1.74 bits per heavy atom. The number of nitrogens with zero attached hydrogens (tertiary/aromatic N) is 2. The zero-order chi connectivity index (χ0) is 24.7. The van der Waals surface area contributed by atoms with Crippen LogP contribution in [0.1, 0.15) is 44.4 Å². The summed E-state index contributed by atoms with van der Waals surface area (Å²) in [4.78, 5) is 30.1. The number of likely N-dealkylation sites (tertiary alicyclic amines) is 1. The fourth-order valence-corrected chi connectivity index (χ4v) is 4.30. The van der Waals surface area contributed by atoms with Crippen LogP contribution in [0.5, 0.6) is 11.5 Å². The van der Waals surface area contributed by atoms with Crippen molar-refractivity contribution in [2.45, 2.75) is 33.2 Å². The molecular formula is C27H34N2O5. The molecule has 3 rings (SSSR count). The Morgan fingerprint density at radius 3 is 2.35 bits per heavy atom. The van der Waals surface area contributed by atoms with Crippen molar-refractivity contribution in [1.82, 2.24) is 9.80 Å². The second kappa shape index (κ2) is 11.7. The van der Waals surface area contributed by atoms with Gasteiger partial charge in [-0.1, -0.05) is 38.1 Å². The van der Waals surface area contributed by atoms with Gasteiger partial charge in [0.2, 0.25) is 0 Å². The zero-order valence-corrected chi connectivity index (χ0v) is 20.4. The van der Waals surface area contributed by atoms with Crippen molar-refractivity contribution in [1.29, 1.82) is 0 Å². The Balaban J connectivity index is 2.03. The fraction of sp³-hybridized carbons (Fsp3) is 0.407. The molecule has 1 N–H and O–H groups in total. The molecule has 0 unspecified atom stereocenters. The first-order valence-electron chi connectivity index (χ1n) is 11.8. The van der Waals surface area contributed by atoms with E-state index in [1.807, 2.05) is 31.2 Å². The summed E-state index contributed by atoms with van der Waals surface area (Å²) < 4.78 is 10.8. The van der Waals surface area contributed by atoms with Crippen molar-refractivity contribution >= 4 is 17.4 Å². The number of ether oxygens (including phenoxy) is 2. The highest BCUT2D eigenvalue weighted by Crippen LogP contribution is 2.40. The Labute approximate surface area is 201 Å². The molecule has 0 bridgehead atoms. The molecule has 0 saturated carbocycles. The van der Waals surface area contributed by atoms with E-state index in [1.54, 1.807) is 29.2 Å². The number of carbonyl (C=O) groups excluding carboxylic acids is 2. The summed E-state index contributed by atoms with van der Waals surface area (Å²) in [5, 5.41) is 11.2. The van der Waals surface area contributed by atoms with E-state index in [-0.39, 0.29) is 11.3 Å². The van der Waals surface area contributed by atoms with E-state index in [0.29, 0.717) is 30.2 Å². The molecule has 0 spiro atoms. The molecule has 2 aromatic carbocycles. The number of methoxy groups -OCH3 is 1. The minimum absolute atomic E-state index is 0.0882. The van der Waals surface area contributed by atoms with Crippen molar-refractivity contribution in [2.24, 2.45) is 0 Å². The summed E-state index contributed by atoms with van der Waals surface area (Å²) in [6.45, 7) is 9.73. The Kier molecular flexibility index (Phi) is 8.71. The molecule has 1 atom stereocenters. The average molecular weight is 467 g/mol. The molecular weight excluding hydrogens is 432 g/mol. The number of aliphatic hydroxyl groups excluding tert-OH is 1. The molecule has 2 aromatic rings. The number of ketones is 1. The number of rotatable bonds is 11. The first kappa shape index (κ1) is 25.3. The van der Waals surface area contributed by atoms with Crippen LogP contribution in [-0.4, -0.2) is 66.5 Å². The normalized spacial score (nSPS) is 17.4. The molecule has 1 amide bonds. The van der Waals surface area contributed by atoms with Gasteiger partial charge in [0.1, 0.15) is 17.3 Å². The third-order valence-corrected chi connectivity index (χ3v) is 6.16. The van der Waals surface area contributed by atoms with Crippen LogP contribution in [0.15, 0.2) is 54.1 Å². The van der Waals surface area contributed by atoms with Crippen molar-refractivity contribution in [3.63, 3.8) is 0 Å². The fourth-order valence-electron chi connectivity index (χ4n) is 4.30. The maximum absolute atomic E-state index is 13.2. The van der Waals surface area contributed by atoms with Gasteiger partial charge in [-0.25, -0.2) is 0 Å². The van der Waals surface area contributed by atoms with Gasteiger partial charge in [0.05, 0.1) is 25.3 Å². The SMILES string of the molecule is CCOc1ccc([C@H]2/C(=C(\O)c3cccc(OC)c3)C(=O)C(=O)N2CCCN(CC)CC)cc1. The predicted molar refractivity (Wildman–Crippen MR) is 132 cm³/mol. The molecule has 7 nitrogen and oxygen atoms in total. The smallest absolute Gasteiger partial charge is 0.295 e. The van der Waals surface area contributed by atoms with Crippen LogP contribution in [0.25, 0.3) is 5.76 Å². The van der Waals surface area contributed by atoms with Gasteiger partial charge in [-0.3, -0.25) is 9.59 Å². The molecule has 7 heteroatoms. The molecule has 0 aliphatic carbocycles. The van der Waals surface area contributed by atoms with E-state index in [4.69, 9.17) is 9.47 Å². The van der Waals surface area contributed by atoms with Gasteiger partial charge in [-0.2, -0.15) is 0 Å². The number of aliphatic hydroxyl groups is 1. The molecule has 182 valence electrons. The summed E-state index contributed by atoms with van der Waals surface area (Å²) in [5.41, 5.74) is 1.26. The maximum atomic E-state index is 13.2. The number of carbonyl (C=O) groups is 2. The van der Waals surface area contributed by atoms with E-state index in [2.05, 4.69) is 18.7 Å². The van der Waals surface area contributed by atoms with Crippen LogP contribution in [0, 0.1) is 0 Å². The minimum atomic E-state index is -0.682. The van der Waals surface area contributed by atoms with E-state index < -0.39 is 17.7 Å². The molecule has 34 heavy (non-hydrogen) atoms. The monoisotopic (exact) mass is 466 g/mol. The van der Waals surface area contributed by atoms with Crippen molar-refractivity contribution < 1.29 is 24.2 Å². The van der Waals surface area contributed by atoms with Crippen LogP contribution in [0.2, 0.25) is 0 Å². The molecule has 1 aliphatic heterocycles. The van der Waals surface area contributed by atoms with Gasteiger partial charge in [-0.05, 0) is 62.8 Å². The van der Waals surface area contributed by atoms with Gasteiger partial charge in [0, 0.05) is 12.1 Å². The quantitative estimate of drug-likeness (QED) is 0.303. The summed E-state index contributed by atoms with van der Waals surface area (Å²) in [6, 6.07) is 13.5. The number of Topliss-reactive ketones (excluding diaryl/α,β-unsaturated/α-hetero) is 1. The Hall–Kier alpha value is -3.32. The third kappa shape index (κ3) is 5.42. The van der Waals surface area contributed by atoms with Gasteiger partial charge in [0.15, 0.2) is 0 Å². The second-order valence-electron chi connectivity index (χ2n) is 8.11. The molecule has 1 aliphatic rings. The van der Waals surface area contributed by atoms with Gasteiger partial charge in [-0.15, -0.1) is 0 Å². The standard InChI is InChI=1S/C27H34N2O5/c1-5-28(6-2)16-9-17-29-24(19-12-14-21(15-13-19)34-7-3)23(26(31)27(29)32)25(30)20-10-8-11-22(18-20)33-4/h8,10-15,18,24,30H,5-7,9,16-17H2,1-4H3/b25-23+/t24-/m0/s1. The number of amides is 1. The highest BCUT2D eigenvalue weighted by atomic mass is 16.5. The van der Waals surface area contributed by atoms with Gasteiger partial charge < -0.3 is 24.4 Å². The number of hydrogen-bond donors (Lipinski definition) is 1. The summed E-state index contributed by atoms with van der Waals surface area (Å²) in [6.07, 6.45) is 0.724. The molecule has 0 radical (unpaired) electrons. The lowest BCUT2D eigenvalue weighted by atomic mass is 9.95. The summed E-state index contributed by atoms with van der Waals surface area (Å²) >= 11 is 0. The van der Waals surface area contributed by atoms with E-state index >= 15 is 0 Å². The zero-order valence-electron chi connectivity index (χ0n) is 20.4. The van der Waals surface area contributed by atoms with Crippen molar-refractivity contribution in [2.75, 3.05) is 39.9 Å². The number of benzene rings is 2. The largest absolute Gasteiger partial charge is 0.507 e. The molecule has 1 fully saturated rings. The topological polar surface area (TPSA) is 79.3 Å². The average Bonchev–Trinajstić information content (AvgIpc) is 3.12. The summed E-state index contributed by atoms with van der Waals surface area (Å²) in [5.74, 6) is -0.222. The maximum Gasteiger partial charge on any atom is 0.295 e. The van der Waals surface area contributed by atoms with Crippen molar-refractivity contribution in [3.05, 3.63) is 65.2 Å². The highest BCUT2D eigenvalue weighted by Gasteiger charge is 2.45. The lowest BCUT2D eigenvalue weighted by Crippen LogP contribution is -2.33. The van der Waals surface area contributed by atoms with Gasteiger partial charge >= 0.3 is 0 Å². The van der Waals surface area contributed by atoms with Crippen LogP contribution >= 0.6 is 0 Å². The van der Waals surface area contributed by atoms with Crippen LogP contribution in [-0.2, 0) is 9.59 Å². The van der Waals surface area contributed by atoms with E-state index in [0.717, 1.165) is 31.6 Å². The van der Waals surface area contributed by atoms with Crippen LogP contribution < -0.4 is 9.47 Å². The van der Waals surface area contributed by atoms with Crippen LogP contribution in [0.3, 0.4) is 0 Å². The lowest BCUT2D eigenvalue weighted by Gasteiger charge is -2.27. The first-order chi connectivity index (χ1) is 16.4. The molecule has 1 saturated heterocycles. The third-order valence-electron chi connectivity index (χ3n) is 6.16. The van der Waals surface area contributed by atoms with Crippen LogP contribution in [0.4, 0.5) is 0 Å². The van der Waals surface area contributed by atoms with E-state index in [9.17, 15) is 14.7 Å². The van der Waals surface area contributed by atoms with Gasteiger partial charge in [0.25, 0.3) is 11.7 Å². The van der Waals surface area contributed by atoms with E-state index in [1.165, 1.54) is 7.11 Å². The Morgan fingerprint density at radius 1 is 1.03 bits per heavy atom. The van der Waals surface area contributed by atoms with Crippen molar-refractivity contribution in [3.8, 4) is 11.5 Å². The molecule has 0 aromatic heterocycles. The second-order valence-corrected chi connectivity index (χ2v) is 8.11.